The number of hydrogen-bond donors (Lipinski definition) is 0. The molecule has 0 unspecified atom stereocenters. The molecule has 0 aliphatic heterocycles. The average Bonchev–Trinajstić information content (AvgIpc) is 2.52. The predicted molar refractivity (Wildman–Crippen MR) is 81.6 cm³/mol. The number of oxime groups is 1. The fourth-order valence-electron chi connectivity index (χ4n) is 1.93. The van der Waals surface area contributed by atoms with Gasteiger partial charge in [-0.2, -0.15) is 5.26 Å². The van der Waals surface area contributed by atoms with Gasteiger partial charge in [0, 0.05) is 11.9 Å². The van der Waals surface area contributed by atoms with Crippen LogP contribution in [-0.2, 0) is 11.4 Å². The van der Waals surface area contributed by atoms with Crippen LogP contribution in [-0.4, -0.2) is 23.3 Å². The van der Waals surface area contributed by atoms with Gasteiger partial charge in [-0.05, 0) is 37.6 Å². The number of aryl methyl sites for hydroxylation is 2. The van der Waals surface area contributed by atoms with E-state index in [-0.39, 0.29) is 6.61 Å². The van der Waals surface area contributed by atoms with Crippen LogP contribution in [0, 0.1) is 25.2 Å². The minimum atomic E-state index is 0.246. The molecule has 2 aromatic heterocycles. The number of pyridine rings is 2. The standard InChI is InChI=1S/C16H16N4O2/c1-11-4-5-18-16(21-3)15(11)10-22-19-9-14-7-13(8-17)6-12(2)20-14/h4-7,9H,10H2,1-3H3/b19-9+. The topological polar surface area (TPSA) is 80.4 Å². The molecule has 0 N–H and O–H groups in total. The van der Waals surface area contributed by atoms with E-state index in [9.17, 15) is 0 Å². The number of aromatic nitrogens is 2. The normalized spacial score (nSPS) is 10.5. The number of nitriles is 1. The van der Waals surface area contributed by atoms with Gasteiger partial charge in [0.25, 0.3) is 0 Å². The molecule has 0 bridgehead atoms. The lowest BCUT2D eigenvalue weighted by molar-refractivity contribution is 0.129. The second-order valence-electron chi connectivity index (χ2n) is 4.66. The van der Waals surface area contributed by atoms with Gasteiger partial charge in [0.05, 0.1) is 36.2 Å². The summed E-state index contributed by atoms with van der Waals surface area (Å²) in [6, 6.07) is 7.32. The molecule has 0 aromatic carbocycles. The zero-order valence-electron chi connectivity index (χ0n) is 12.7. The van der Waals surface area contributed by atoms with E-state index in [2.05, 4.69) is 21.2 Å². The Kier molecular flexibility index (Phi) is 5.04. The highest BCUT2D eigenvalue weighted by atomic mass is 16.6. The highest BCUT2D eigenvalue weighted by Crippen LogP contribution is 2.19. The zero-order chi connectivity index (χ0) is 15.9. The number of rotatable bonds is 5. The van der Waals surface area contributed by atoms with Crippen molar-refractivity contribution >= 4 is 6.21 Å². The van der Waals surface area contributed by atoms with E-state index in [0.29, 0.717) is 17.1 Å². The van der Waals surface area contributed by atoms with Crippen molar-refractivity contribution in [3.05, 3.63) is 52.5 Å². The Hall–Kier alpha value is -2.94. The molecule has 2 rings (SSSR count). The van der Waals surface area contributed by atoms with Gasteiger partial charge in [-0.1, -0.05) is 5.16 Å². The van der Waals surface area contributed by atoms with Gasteiger partial charge in [-0.3, -0.25) is 4.98 Å². The molecule has 112 valence electrons. The largest absolute Gasteiger partial charge is 0.481 e. The van der Waals surface area contributed by atoms with Crippen molar-refractivity contribution in [1.29, 1.82) is 5.26 Å². The van der Waals surface area contributed by atoms with E-state index in [1.807, 2.05) is 19.9 Å². The molecule has 0 atom stereocenters. The minimum absolute atomic E-state index is 0.246. The van der Waals surface area contributed by atoms with Gasteiger partial charge in [0.15, 0.2) is 0 Å². The lowest BCUT2D eigenvalue weighted by Gasteiger charge is -2.08. The summed E-state index contributed by atoms with van der Waals surface area (Å²) < 4.78 is 5.20. The van der Waals surface area contributed by atoms with Crippen LogP contribution in [0.1, 0.15) is 28.1 Å². The van der Waals surface area contributed by atoms with Crippen molar-refractivity contribution in [2.45, 2.75) is 20.5 Å². The van der Waals surface area contributed by atoms with Crippen molar-refractivity contribution in [3.63, 3.8) is 0 Å². The maximum Gasteiger partial charge on any atom is 0.220 e. The van der Waals surface area contributed by atoms with Crippen molar-refractivity contribution in [2.24, 2.45) is 5.16 Å². The second-order valence-corrected chi connectivity index (χ2v) is 4.66. The molecule has 0 fully saturated rings. The third-order valence-corrected chi connectivity index (χ3v) is 3.01. The molecular formula is C16H16N4O2. The van der Waals surface area contributed by atoms with E-state index in [4.69, 9.17) is 14.8 Å². The van der Waals surface area contributed by atoms with Crippen molar-refractivity contribution in [2.75, 3.05) is 7.11 Å². The van der Waals surface area contributed by atoms with E-state index in [1.54, 1.807) is 25.4 Å². The third kappa shape index (κ3) is 3.79. The summed E-state index contributed by atoms with van der Waals surface area (Å²) in [6.07, 6.45) is 3.16. The van der Waals surface area contributed by atoms with Crippen molar-refractivity contribution < 1.29 is 9.57 Å². The highest BCUT2D eigenvalue weighted by Gasteiger charge is 2.07. The molecule has 2 heterocycles. The highest BCUT2D eigenvalue weighted by molar-refractivity contribution is 5.77. The lowest BCUT2D eigenvalue weighted by atomic mass is 10.2. The van der Waals surface area contributed by atoms with Gasteiger partial charge < -0.3 is 9.57 Å². The number of hydrogen-bond acceptors (Lipinski definition) is 6. The molecule has 0 spiro atoms. The first-order valence-electron chi connectivity index (χ1n) is 6.66. The van der Waals surface area contributed by atoms with Crippen molar-refractivity contribution in [1.82, 2.24) is 9.97 Å². The monoisotopic (exact) mass is 296 g/mol. The summed E-state index contributed by atoms with van der Waals surface area (Å²) in [4.78, 5) is 13.7. The molecule has 6 heteroatoms. The van der Waals surface area contributed by atoms with Crippen molar-refractivity contribution in [3.8, 4) is 11.9 Å². The van der Waals surface area contributed by atoms with Gasteiger partial charge in [0.2, 0.25) is 5.88 Å². The number of nitrogens with zero attached hydrogens (tertiary/aromatic N) is 4. The smallest absolute Gasteiger partial charge is 0.220 e. The second kappa shape index (κ2) is 7.18. The molecule has 0 aliphatic carbocycles. The summed E-state index contributed by atoms with van der Waals surface area (Å²) in [5, 5.41) is 12.8. The van der Waals surface area contributed by atoms with Crippen LogP contribution in [0.25, 0.3) is 0 Å². The summed E-state index contributed by atoms with van der Waals surface area (Å²) in [6.45, 7) is 4.02. The first kappa shape index (κ1) is 15.4. The predicted octanol–water partition coefficient (Wildman–Crippen LogP) is 2.52. The average molecular weight is 296 g/mol. The summed E-state index contributed by atoms with van der Waals surface area (Å²) in [5.74, 6) is 0.524. The van der Waals surface area contributed by atoms with Crippen LogP contribution in [0.5, 0.6) is 5.88 Å². The molecule has 0 aliphatic rings. The molecule has 2 aromatic rings. The Morgan fingerprint density at radius 1 is 1.36 bits per heavy atom. The Bertz CT molecular complexity index is 735. The molecule has 0 amide bonds. The summed E-state index contributed by atoms with van der Waals surface area (Å²) in [5.41, 5.74) is 3.73. The number of ether oxygens (including phenoxy) is 1. The quantitative estimate of drug-likeness (QED) is 0.625. The zero-order valence-corrected chi connectivity index (χ0v) is 12.7. The minimum Gasteiger partial charge on any atom is -0.481 e. The molecule has 0 saturated carbocycles. The Labute approximate surface area is 129 Å². The molecule has 22 heavy (non-hydrogen) atoms. The summed E-state index contributed by atoms with van der Waals surface area (Å²) in [7, 11) is 1.56. The van der Waals surface area contributed by atoms with Crippen LogP contribution in [0.2, 0.25) is 0 Å². The SMILES string of the molecule is COc1nccc(C)c1CO/N=C/c1cc(C#N)cc(C)n1. The van der Waals surface area contributed by atoms with Gasteiger partial charge in [-0.25, -0.2) is 4.98 Å². The molecule has 0 saturated heterocycles. The first-order valence-corrected chi connectivity index (χ1v) is 6.66. The van der Waals surface area contributed by atoms with Crippen LogP contribution < -0.4 is 4.74 Å². The van der Waals surface area contributed by atoms with Crippen LogP contribution in [0.15, 0.2) is 29.6 Å². The first-order chi connectivity index (χ1) is 10.6. The fourth-order valence-corrected chi connectivity index (χ4v) is 1.93. The van der Waals surface area contributed by atoms with Gasteiger partial charge in [0.1, 0.15) is 6.61 Å². The third-order valence-electron chi connectivity index (χ3n) is 3.01. The molecular weight excluding hydrogens is 280 g/mol. The molecule has 6 nitrogen and oxygen atoms in total. The fraction of sp³-hybridized carbons (Fsp3) is 0.250. The number of methoxy groups -OCH3 is 1. The van der Waals surface area contributed by atoms with E-state index >= 15 is 0 Å². The van der Waals surface area contributed by atoms with E-state index < -0.39 is 0 Å². The Balaban J connectivity index is 2.05. The maximum absolute atomic E-state index is 8.92. The van der Waals surface area contributed by atoms with Gasteiger partial charge >= 0.3 is 0 Å². The Morgan fingerprint density at radius 2 is 2.18 bits per heavy atom. The van der Waals surface area contributed by atoms with E-state index in [1.165, 1.54) is 6.21 Å². The maximum atomic E-state index is 8.92. The lowest BCUT2D eigenvalue weighted by Crippen LogP contribution is -1.99. The van der Waals surface area contributed by atoms with Gasteiger partial charge in [-0.15, -0.1) is 0 Å². The van der Waals surface area contributed by atoms with Crippen LogP contribution >= 0.6 is 0 Å². The molecule has 0 radical (unpaired) electrons. The Morgan fingerprint density at radius 3 is 2.91 bits per heavy atom. The van der Waals surface area contributed by atoms with E-state index in [0.717, 1.165) is 16.8 Å². The summed E-state index contributed by atoms with van der Waals surface area (Å²) >= 11 is 0. The van der Waals surface area contributed by atoms with Crippen LogP contribution in [0.3, 0.4) is 0 Å². The van der Waals surface area contributed by atoms with Crippen LogP contribution in [0.4, 0.5) is 0 Å².